The van der Waals surface area contributed by atoms with Crippen molar-refractivity contribution in [2.24, 2.45) is 0 Å². The summed E-state index contributed by atoms with van der Waals surface area (Å²) in [5, 5.41) is 28.9. The van der Waals surface area contributed by atoms with Gasteiger partial charge < -0.3 is 9.63 Å². The SMILES string of the molecule is N#CCN(CC#N)Cc1cc(C(=O)O)no1. The second-order valence-electron chi connectivity index (χ2n) is 2.95. The molecule has 0 saturated heterocycles. The Morgan fingerprint density at radius 3 is 2.56 bits per heavy atom. The van der Waals surface area contributed by atoms with Crippen molar-refractivity contribution < 1.29 is 14.4 Å². The van der Waals surface area contributed by atoms with Crippen molar-refractivity contribution in [3.05, 3.63) is 17.5 Å². The smallest absolute Gasteiger partial charge is 0.358 e. The van der Waals surface area contributed by atoms with Crippen molar-refractivity contribution in [3.8, 4) is 12.1 Å². The van der Waals surface area contributed by atoms with Crippen LogP contribution in [0.1, 0.15) is 16.2 Å². The van der Waals surface area contributed by atoms with Gasteiger partial charge in [0.2, 0.25) is 0 Å². The number of carboxylic acid groups (broad SMARTS) is 1. The molecular weight excluding hydrogens is 212 g/mol. The molecule has 1 heterocycles. The summed E-state index contributed by atoms with van der Waals surface area (Å²) in [5.41, 5.74) is -0.191. The van der Waals surface area contributed by atoms with Gasteiger partial charge in [-0.1, -0.05) is 5.16 Å². The molecule has 0 aliphatic carbocycles. The number of aromatic nitrogens is 1. The quantitative estimate of drug-likeness (QED) is 0.706. The topological polar surface area (TPSA) is 114 Å². The van der Waals surface area contributed by atoms with E-state index in [2.05, 4.69) is 5.16 Å². The third kappa shape index (κ3) is 3.08. The van der Waals surface area contributed by atoms with Gasteiger partial charge in [-0.05, 0) is 0 Å². The van der Waals surface area contributed by atoms with Gasteiger partial charge in [-0.15, -0.1) is 0 Å². The molecule has 0 amide bonds. The fourth-order valence-electron chi connectivity index (χ4n) is 1.08. The number of nitrogens with zero attached hydrogens (tertiary/aromatic N) is 4. The molecule has 1 aromatic heterocycles. The van der Waals surface area contributed by atoms with Crippen LogP contribution in [0.3, 0.4) is 0 Å². The molecule has 1 rings (SSSR count). The van der Waals surface area contributed by atoms with Gasteiger partial charge in [-0.3, -0.25) is 4.90 Å². The summed E-state index contributed by atoms with van der Waals surface area (Å²) in [6.07, 6.45) is 0. The number of aromatic carboxylic acids is 1. The van der Waals surface area contributed by atoms with E-state index in [1.54, 1.807) is 0 Å². The van der Waals surface area contributed by atoms with E-state index in [0.717, 1.165) is 0 Å². The lowest BCUT2D eigenvalue weighted by Gasteiger charge is -2.11. The third-order valence-corrected chi connectivity index (χ3v) is 1.75. The van der Waals surface area contributed by atoms with Crippen LogP contribution in [0.25, 0.3) is 0 Å². The predicted octanol–water partition coefficient (Wildman–Crippen LogP) is 0.222. The van der Waals surface area contributed by atoms with Gasteiger partial charge in [-0.25, -0.2) is 4.79 Å². The summed E-state index contributed by atoms with van der Waals surface area (Å²) < 4.78 is 4.76. The Hall–Kier alpha value is -2.38. The van der Waals surface area contributed by atoms with Crippen LogP contribution in [0, 0.1) is 22.7 Å². The fourth-order valence-corrected chi connectivity index (χ4v) is 1.08. The van der Waals surface area contributed by atoms with Gasteiger partial charge >= 0.3 is 5.97 Å². The second kappa shape index (κ2) is 5.49. The first kappa shape index (κ1) is 11.7. The molecule has 16 heavy (non-hydrogen) atoms. The molecule has 0 bridgehead atoms. The highest BCUT2D eigenvalue weighted by Crippen LogP contribution is 2.06. The zero-order valence-corrected chi connectivity index (χ0v) is 8.25. The number of hydrogen-bond donors (Lipinski definition) is 1. The largest absolute Gasteiger partial charge is 0.476 e. The van der Waals surface area contributed by atoms with Crippen LogP contribution in [0.4, 0.5) is 0 Å². The maximum atomic E-state index is 10.5. The van der Waals surface area contributed by atoms with E-state index in [1.165, 1.54) is 11.0 Å². The van der Waals surface area contributed by atoms with Crippen LogP contribution in [-0.4, -0.2) is 34.2 Å². The van der Waals surface area contributed by atoms with Gasteiger partial charge in [-0.2, -0.15) is 10.5 Å². The normalized spacial score (nSPS) is 9.69. The standard InChI is InChI=1S/C9H8N4O3/c10-1-3-13(4-2-11)6-7-5-8(9(14)15)12-16-7/h5H,3-4,6H2,(H,14,15). The van der Waals surface area contributed by atoms with Crippen molar-refractivity contribution in [3.63, 3.8) is 0 Å². The maximum absolute atomic E-state index is 10.5. The van der Waals surface area contributed by atoms with Crippen LogP contribution in [0.5, 0.6) is 0 Å². The zero-order chi connectivity index (χ0) is 12.0. The number of rotatable bonds is 5. The van der Waals surface area contributed by atoms with Gasteiger partial charge in [0.15, 0.2) is 11.5 Å². The van der Waals surface area contributed by atoms with Crippen molar-refractivity contribution in [1.29, 1.82) is 10.5 Å². The molecule has 0 unspecified atom stereocenters. The van der Waals surface area contributed by atoms with E-state index in [9.17, 15) is 4.79 Å². The molecule has 1 aromatic rings. The molecule has 0 saturated carbocycles. The van der Waals surface area contributed by atoms with E-state index in [1.807, 2.05) is 12.1 Å². The highest BCUT2D eigenvalue weighted by molar-refractivity contribution is 5.85. The fraction of sp³-hybridized carbons (Fsp3) is 0.333. The molecule has 0 aromatic carbocycles. The molecule has 0 aliphatic heterocycles. The van der Waals surface area contributed by atoms with Crippen molar-refractivity contribution in [1.82, 2.24) is 10.1 Å². The highest BCUT2D eigenvalue weighted by atomic mass is 16.5. The van der Waals surface area contributed by atoms with Gasteiger partial charge in [0.05, 0.1) is 31.8 Å². The van der Waals surface area contributed by atoms with Crippen LogP contribution in [-0.2, 0) is 6.54 Å². The van der Waals surface area contributed by atoms with E-state index in [4.69, 9.17) is 20.2 Å². The van der Waals surface area contributed by atoms with Crippen molar-refractivity contribution in [2.45, 2.75) is 6.54 Å². The highest BCUT2D eigenvalue weighted by Gasteiger charge is 2.13. The Morgan fingerprint density at radius 1 is 1.50 bits per heavy atom. The van der Waals surface area contributed by atoms with Crippen molar-refractivity contribution >= 4 is 5.97 Å². The summed E-state index contributed by atoms with van der Waals surface area (Å²) in [4.78, 5) is 12.0. The predicted molar refractivity (Wildman–Crippen MR) is 50.0 cm³/mol. The van der Waals surface area contributed by atoms with Gasteiger partial charge in [0, 0.05) is 6.07 Å². The van der Waals surface area contributed by atoms with E-state index >= 15 is 0 Å². The minimum atomic E-state index is -1.18. The summed E-state index contributed by atoms with van der Waals surface area (Å²) in [6.45, 7) is 0.314. The molecule has 7 heteroatoms. The lowest BCUT2D eigenvalue weighted by molar-refractivity contribution is 0.0685. The monoisotopic (exact) mass is 220 g/mol. The Kier molecular flexibility index (Phi) is 4.01. The number of carboxylic acids is 1. The molecule has 82 valence electrons. The first-order valence-corrected chi connectivity index (χ1v) is 4.32. The van der Waals surface area contributed by atoms with Gasteiger partial charge in [0.25, 0.3) is 0 Å². The zero-order valence-electron chi connectivity index (χ0n) is 8.25. The van der Waals surface area contributed by atoms with Crippen molar-refractivity contribution in [2.75, 3.05) is 13.1 Å². The number of carbonyl (C=O) groups is 1. The van der Waals surface area contributed by atoms with Gasteiger partial charge in [0.1, 0.15) is 0 Å². The van der Waals surface area contributed by atoms with E-state index < -0.39 is 5.97 Å². The molecular formula is C9H8N4O3. The Bertz CT molecular complexity index is 438. The first-order valence-electron chi connectivity index (χ1n) is 4.32. The molecule has 0 radical (unpaired) electrons. The molecule has 1 N–H and O–H groups in total. The Morgan fingerprint density at radius 2 is 2.12 bits per heavy atom. The summed E-state index contributed by atoms with van der Waals surface area (Å²) in [5.74, 6) is -0.870. The lowest BCUT2D eigenvalue weighted by Crippen LogP contribution is -2.23. The van der Waals surface area contributed by atoms with E-state index in [-0.39, 0.29) is 25.3 Å². The number of hydrogen-bond acceptors (Lipinski definition) is 6. The molecule has 7 nitrogen and oxygen atoms in total. The third-order valence-electron chi connectivity index (χ3n) is 1.75. The number of nitriles is 2. The molecule has 0 fully saturated rings. The summed E-state index contributed by atoms with van der Waals surface area (Å²) >= 11 is 0. The minimum Gasteiger partial charge on any atom is -0.476 e. The maximum Gasteiger partial charge on any atom is 0.358 e. The second-order valence-corrected chi connectivity index (χ2v) is 2.95. The van der Waals surface area contributed by atoms with E-state index in [0.29, 0.717) is 5.76 Å². The van der Waals surface area contributed by atoms with Crippen LogP contribution in [0.15, 0.2) is 10.6 Å². The Balaban J connectivity index is 2.67. The Labute approximate surface area is 91.1 Å². The molecule has 0 spiro atoms. The average Bonchev–Trinajstić information content (AvgIpc) is 2.67. The first-order chi connectivity index (χ1) is 7.67. The molecule has 0 atom stereocenters. The lowest BCUT2D eigenvalue weighted by atomic mass is 10.3. The summed E-state index contributed by atoms with van der Waals surface area (Å²) in [6, 6.07) is 5.07. The minimum absolute atomic E-state index is 0.0661. The average molecular weight is 220 g/mol. The van der Waals surface area contributed by atoms with Crippen LogP contribution >= 0.6 is 0 Å². The van der Waals surface area contributed by atoms with Crippen LogP contribution < -0.4 is 0 Å². The van der Waals surface area contributed by atoms with Crippen LogP contribution in [0.2, 0.25) is 0 Å². The summed E-state index contributed by atoms with van der Waals surface area (Å²) in [7, 11) is 0. The molecule has 0 aliphatic rings.